The molecule has 1 saturated carbocycles. The Morgan fingerprint density at radius 3 is 3.00 bits per heavy atom. The zero-order valence-electron chi connectivity index (χ0n) is 12.9. The van der Waals surface area contributed by atoms with Gasteiger partial charge in [0.1, 0.15) is 0 Å². The van der Waals surface area contributed by atoms with Crippen LogP contribution in [0, 0.1) is 0 Å². The molecule has 1 N–H and O–H groups in total. The van der Waals surface area contributed by atoms with Gasteiger partial charge in [-0.05, 0) is 26.8 Å². The molecule has 1 aromatic heterocycles. The minimum Gasteiger partial charge on any atom is -0.466 e. The summed E-state index contributed by atoms with van der Waals surface area (Å²) in [4.78, 5) is 18.2. The smallest absolute Gasteiger partial charge is 0.311 e. The van der Waals surface area contributed by atoms with Gasteiger partial charge in [-0.15, -0.1) is 11.3 Å². The van der Waals surface area contributed by atoms with E-state index in [0.717, 1.165) is 30.0 Å². The number of carbonyl (C=O) groups excluding carboxylic acids is 1. The predicted molar refractivity (Wildman–Crippen MR) is 85.8 cm³/mol. The normalized spacial score (nSPS) is 15.6. The SMILES string of the molecule is CCOC(=O)Cc1csc(NCCN(C)C2CCCC2)n1. The molecule has 0 aliphatic heterocycles. The molecule has 1 aliphatic rings. The monoisotopic (exact) mass is 311 g/mol. The molecule has 0 saturated heterocycles. The number of hydrogen-bond acceptors (Lipinski definition) is 6. The second kappa shape index (κ2) is 8.34. The van der Waals surface area contributed by atoms with E-state index in [2.05, 4.69) is 22.2 Å². The van der Waals surface area contributed by atoms with Crippen molar-refractivity contribution in [2.24, 2.45) is 0 Å². The van der Waals surface area contributed by atoms with Crippen molar-refractivity contribution in [3.8, 4) is 0 Å². The van der Waals surface area contributed by atoms with Crippen molar-refractivity contribution in [3.05, 3.63) is 11.1 Å². The third-order valence-electron chi connectivity index (χ3n) is 3.87. The van der Waals surface area contributed by atoms with Crippen molar-refractivity contribution in [2.75, 3.05) is 32.1 Å². The lowest BCUT2D eigenvalue weighted by molar-refractivity contribution is -0.142. The molecule has 0 bridgehead atoms. The number of ether oxygens (including phenoxy) is 1. The Labute approximate surface area is 130 Å². The van der Waals surface area contributed by atoms with Gasteiger partial charge < -0.3 is 15.0 Å². The van der Waals surface area contributed by atoms with Crippen LogP contribution in [-0.2, 0) is 16.0 Å². The first-order valence-corrected chi connectivity index (χ1v) is 8.61. The molecule has 118 valence electrons. The van der Waals surface area contributed by atoms with E-state index in [1.54, 1.807) is 11.3 Å². The second-order valence-corrected chi connectivity index (χ2v) is 6.33. The number of aromatic nitrogens is 1. The Morgan fingerprint density at radius 1 is 1.52 bits per heavy atom. The van der Waals surface area contributed by atoms with Gasteiger partial charge in [-0.3, -0.25) is 4.79 Å². The van der Waals surface area contributed by atoms with E-state index in [4.69, 9.17) is 4.74 Å². The van der Waals surface area contributed by atoms with Crippen LogP contribution in [-0.4, -0.2) is 48.6 Å². The van der Waals surface area contributed by atoms with Crippen LogP contribution in [0.1, 0.15) is 38.3 Å². The number of thiazole rings is 1. The lowest BCUT2D eigenvalue weighted by Gasteiger charge is -2.23. The Kier molecular flexibility index (Phi) is 6.45. The fourth-order valence-electron chi connectivity index (χ4n) is 2.70. The lowest BCUT2D eigenvalue weighted by Crippen LogP contribution is -2.33. The maximum atomic E-state index is 11.4. The summed E-state index contributed by atoms with van der Waals surface area (Å²) in [7, 11) is 2.20. The molecule has 5 nitrogen and oxygen atoms in total. The van der Waals surface area contributed by atoms with Crippen molar-refractivity contribution in [2.45, 2.75) is 45.1 Å². The van der Waals surface area contributed by atoms with E-state index >= 15 is 0 Å². The summed E-state index contributed by atoms with van der Waals surface area (Å²) >= 11 is 1.55. The summed E-state index contributed by atoms with van der Waals surface area (Å²) in [5.41, 5.74) is 0.782. The lowest BCUT2D eigenvalue weighted by atomic mass is 10.2. The topological polar surface area (TPSA) is 54.5 Å². The highest BCUT2D eigenvalue weighted by Gasteiger charge is 2.18. The predicted octanol–water partition coefficient (Wildman–Crippen LogP) is 2.54. The summed E-state index contributed by atoms with van der Waals surface area (Å²) in [6.45, 7) is 4.14. The molecule has 0 unspecified atom stereocenters. The molecule has 1 aromatic rings. The molecule has 1 aliphatic carbocycles. The number of nitrogens with zero attached hydrogens (tertiary/aromatic N) is 2. The van der Waals surface area contributed by atoms with Gasteiger partial charge in [-0.25, -0.2) is 4.98 Å². The maximum absolute atomic E-state index is 11.4. The quantitative estimate of drug-likeness (QED) is 0.748. The van der Waals surface area contributed by atoms with Crippen molar-refractivity contribution < 1.29 is 9.53 Å². The Balaban J connectivity index is 1.68. The standard InChI is InChI=1S/C15H25N3O2S/c1-3-20-14(19)10-12-11-21-15(17-12)16-8-9-18(2)13-6-4-5-7-13/h11,13H,3-10H2,1-2H3,(H,16,17). The minimum atomic E-state index is -0.213. The van der Waals surface area contributed by atoms with Gasteiger partial charge in [0.15, 0.2) is 5.13 Å². The van der Waals surface area contributed by atoms with Crippen molar-refractivity contribution in [3.63, 3.8) is 0 Å². The Bertz CT molecular complexity index is 444. The highest BCUT2D eigenvalue weighted by atomic mass is 32.1. The summed E-state index contributed by atoms with van der Waals surface area (Å²) in [6, 6.07) is 0.752. The van der Waals surface area contributed by atoms with E-state index < -0.39 is 0 Å². The van der Waals surface area contributed by atoms with E-state index in [1.165, 1.54) is 25.7 Å². The number of esters is 1. The van der Waals surface area contributed by atoms with Gasteiger partial charge in [0.05, 0.1) is 18.7 Å². The number of rotatable bonds is 8. The molecule has 0 aromatic carbocycles. The van der Waals surface area contributed by atoms with Crippen LogP contribution < -0.4 is 5.32 Å². The highest BCUT2D eigenvalue weighted by Crippen LogP contribution is 2.22. The maximum Gasteiger partial charge on any atom is 0.311 e. The van der Waals surface area contributed by atoms with Gasteiger partial charge in [0.25, 0.3) is 0 Å². The van der Waals surface area contributed by atoms with Crippen LogP contribution in [0.15, 0.2) is 5.38 Å². The molecule has 0 amide bonds. The zero-order valence-corrected chi connectivity index (χ0v) is 13.7. The van der Waals surface area contributed by atoms with Gasteiger partial charge in [0, 0.05) is 24.5 Å². The van der Waals surface area contributed by atoms with E-state index in [1.807, 2.05) is 12.3 Å². The summed E-state index contributed by atoms with van der Waals surface area (Å²) in [5.74, 6) is -0.213. The number of likely N-dealkylation sites (N-methyl/N-ethyl adjacent to an activating group) is 1. The van der Waals surface area contributed by atoms with Crippen LogP contribution in [0.3, 0.4) is 0 Å². The molecule has 0 spiro atoms. The zero-order chi connectivity index (χ0) is 15.1. The fraction of sp³-hybridized carbons (Fsp3) is 0.733. The van der Waals surface area contributed by atoms with Crippen LogP contribution in [0.2, 0.25) is 0 Å². The van der Waals surface area contributed by atoms with Crippen LogP contribution in [0.5, 0.6) is 0 Å². The molecule has 1 fully saturated rings. The molecule has 6 heteroatoms. The Hall–Kier alpha value is -1.14. The number of nitrogens with one attached hydrogen (secondary N) is 1. The molecule has 1 heterocycles. The van der Waals surface area contributed by atoms with Gasteiger partial charge in [-0.2, -0.15) is 0 Å². The van der Waals surface area contributed by atoms with E-state index in [0.29, 0.717) is 6.61 Å². The third-order valence-corrected chi connectivity index (χ3v) is 4.72. The van der Waals surface area contributed by atoms with Crippen LogP contribution in [0.25, 0.3) is 0 Å². The second-order valence-electron chi connectivity index (χ2n) is 5.47. The molecule has 0 atom stereocenters. The number of carbonyl (C=O) groups is 1. The van der Waals surface area contributed by atoms with Gasteiger partial charge in [0.2, 0.25) is 0 Å². The average molecular weight is 311 g/mol. The largest absolute Gasteiger partial charge is 0.466 e. The van der Waals surface area contributed by atoms with Crippen molar-refractivity contribution >= 4 is 22.4 Å². The molecule has 2 rings (SSSR count). The van der Waals surface area contributed by atoms with Crippen molar-refractivity contribution in [1.29, 1.82) is 0 Å². The first-order valence-electron chi connectivity index (χ1n) is 7.73. The summed E-state index contributed by atoms with van der Waals surface area (Å²) in [5, 5.41) is 6.14. The fourth-order valence-corrected chi connectivity index (χ4v) is 3.44. The third kappa shape index (κ3) is 5.28. The Morgan fingerprint density at radius 2 is 2.29 bits per heavy atom. The molecule has 0 radical (unpaired) electrons. The van der Waals surface area contributed by atoms with Crippen molar-refractivity contribution in [1.82, 2.24) is 9.88 Å². The minimum absolute atomic E-state index is 0.213. The summed E-state index contributed by atoms with van der Waals surface area (Å²) in [6.07, 6.45) is 5.65. The number of hydrogen-bond donors (Lipinski definition) is 1. The van der Waals surface area contributed by atoms with Gasteiger partial charge >= 0.3 is 5.97 Å². The molecular weight excluding hydrogens is 286 g/mol. The van der Waals surface area contributed by atoms with E-state index in [-0.39, 0.29) is 12.4 Å². The highest BCUT2D eigenvalue weighted by molar-refractivity contribution is 7.13. The van der Waals surface area contributed by atoms with Crippen LogP contribution in [0.4, 0.5) is 5.13 Å². The first kappa shape index (κ1) is 16.2. The van der Waals surface area contributed by atoms with Gasteiger partial charge in [-0.1, -0.05) is 12.8 Å². The van der Waals surface area contributed by atoms with E-state index in [9.17, 15) is 4.79 Å². The molecule has 21 heavy (non-hydrogen) atoms. The average Bonchev–Trinajstić information content (AvgIpc) is 3.10. The summed E-state index contributed by atoms with van der Waals surface area (Å²) < 4.78 is 4.92. The molecular formula is C15H25N3O2S. The number of anilines is 1. The first-order chi connectivity index (χ1) is 10.2. The van der Waals surface area contributed by atoms with Crippen LogP contribution >= 0.6 is 11.3 Å².